The van der Waals surface area contributed by atoms with Gasteiger partial charge in [-0.15, -0.1) is 0 Å². The Morgan fingerprint density at radius 2 is 1.70 bits per heavy atom. The molecule has 2 unspecified atom stereocenters. The Morgan fingerprint density at radius 3 is 2.10 bits per heavy atom. The zero-order chi connectivity index (χ0) is 7.56. The molecule has 1 fully saturated rings. The summed E-state index contributed by atoms with van der Waals surface area (Å²) >= 11 is 1.89. The van der Waals surface area contributed by atoms with E-state index in [9.17, 15) is 0 Å². The molecule has 1 nitrogen and oxygen atoms in total. The summed E-state index contributed by atoms with van der Waals surface area (Å²) in [5.41, 5.74) is 0. The maximum atomic E-state index is 2.47. The van der Waals surface area contributed by atoms with Crippen molar-refractivity contribution in [1.29, 1.82) is 0 Å². The molecular weight excluding hydrogens is 142 g/mol. The third-order valence-corrected chi connectivity index (χ3v) is 2.91. The van der Waals surface area contributed by atoms with Gasteiger partial charge in [0.15, 0.2) is 0 Å². The van der Waals surface area contributed by atoms with E-state index in [0.717, 1.165) is 11.8 Å². The van der Waals surface area contributed by atoms with Crippen LogP contribution < -0.4 is 0 Å². The van der Waals surface area contributed by atoms with E-state index in [2.05, 4.69) is 24.4 Å². The van der Waals surface area contributed by atoms with Gasteiger partial charge >= 0.3 is 0 Å². The lowest BCUT2D eigenvalue weighted by molar-refractivity contribution is 0.238. The molecule has 1 aliphatic rings. The summed E-state index contributed by atoms with van der Waals surface area (Å²) in [5.74, 6) is 1.80. The second-order valence-corrected chi connectivity index (χ2v) is 4.36. The molecular formula is C8H17NS. The van der Waals surface area contributed by atoms with E-state index in [1.807, 2.05) is 11.9 Å². The summed E-state index contributed by atoms with van der Waals surface area (Å²) in [6, 6.07) is 0. The van der Waals surface area contributed by atoms with Crippen LogP contribution in [0, 0.1) is 11.8 Å². The van der Waals surface area contributed by atoms with Crippen LogP contribution in [0.15, 0.2) is 0 Å². The second kappa shape index (κ2) is 3.63. The highest BCUT2D eigenvalue weighted by molar-refractivity contribution is 7.96. The smallest absolute Gasteiger partial charge is 0.0115 e. The fourth-order valence-corrected chi connectivity index (χ4v) is 2.56. The molecule has 0 aromatic heterocycles. The first kappa shape index (κ1) is 8.41. The van der Waals surface area contributed by atoms with Crippen molar-refractivity contribution in [3.8, 4) is 0 Å². The molecule has 2 atom stereocenters. The van der Waals surface area contributed by atoms with E-state index in [1.54, 1.807) is 0 Å². The normalized spacial score (nSPS) is 36.3. The lowest BCUT2D eigenvalue weighted by Gasteiger charge is -2.32. The molecule has 0 aromatic carbocycles. The van der Waals surface area contributed by atoms with Crippen LogP contribution in [0.5, 0.6) is 0 Å². The summed E-state index contributed by atoms with van der Waals surface area (Å²) < 4.78 is 2.47. The number of nitrogens with zero attached hydrogens (tertiary/aromatic N) is 1. The van der Waals surface area contributed by atoms with Gasteiger partial charge in [-0.2, -0.15) is 0 Å². The minimum absolute atomic E-state index is 0.899. The zero-order valence-corrected chi connectivity index (χ0v) is 7.95. The first-order chi connectivity index (χ1) is 4.72. The summed E-state index contributed by atoms with van der Waals surface area (Å²) in [6.45, 7) is 7.26. The van der Waals surface area contributed by atoms with Gasteiger partial charge in [0.05, 0.1) is 0 Å². The van der Waals surface area contributed by atoms with Crippen molar-refractivity contribution < 1.29 is 0 Å². The van der Waals surface area contributed by atoms with Crippen LogP contribution in [-0.4, -0.2) is 23.7 Å². The van der Waals surface area contributed by atoms with Gasteiger partial charge in [-0.05, 0) is 24.5 Å². The standard InChI is InChI=1S/C8H17NS/c1-7-4-8(2)6-9(5-7)10-3/h7-8H,4-6H2,1-3H3. The first-order valence-electron chi connectivity index (χ1n) is 4.01. The predicted molar refractivity (Wildman–Crippen MR) is 48.0 cm³/mol. The lowest BCUT2D eigenvalue weighted by atomic mass is 9.94. The average molecular weight is 159 g/mol. The molecule has 0 radical (unpaired) electrons. The van der Waals surface area contributed by atoms with Crippen LogP contribution in [0.2, 0.25) is 0 Å². The van der Waals surface area contributed by atoms with E-state index >= 15 is 0 Å². The minimum atomic E-state index is 0.899. The van der Waals surface area contributed by atoms with Gasteiger partial charge in [-0.25, -0.2) is 0 Å². The Kier molecular flexibility index (Phi) is 3.05. The molecule has 0 saturated carbocycles. The lowest BCUT2D eigenvalue weighted by Crippen LogP contribution is -2.33. The minimum Gasteiger partial charge on any atom is -0.250 e. The molecule has 0 bridgehead atoms. The van der Waals surface area contributed by atoms with Gasteiger partial charge < -0.3 is 0 Å². The summed E-state index contributed by atoms with van der Waals surface area (Å²) in [6.07, 6.45) is 3.59. The largest absolute Gasteiger partial charge is 0.250 e. The van der Waals surface area contributed by atoms with E-state index in [1.165, 1.54) is 19.5 Å². The molecule has 2 heteroatoms. The Hall–Kier alpha value is 0.310. The van der Waals surface area contributed by atoms with Crippen molar-refractivity contribution in [2.45, 2.75) is 20.3 Å². The van der Waals surface area contributed by atoms with Crippen molar-refractivity contribution in [3.05, 3.63) is 0 Å². The van der Waals surface area contributed by atoms with Crippen molar-refractivity contribution in [1.82, 2.24) is 4.31 Å². The molecule has 0 spiro atoms. The zero-order valence-electron chi connectivity index (χ0n) is 7.13. The molecule has 10 heavy (non-hydrogen) atoms. The Morgan fingerprint density at radius 1 is 1.20 bits per heavy atom. The molecule has 0 amide bonds. The Bertz CT molecular complexity index is 95.4. The molecule has 1 aliphatic heterocycles. The van der Waals surface area contributed by atoms with Crippen LogP contribution in [0.25, 0.3) is 0 Å². The Balaban J connectivity index is 2.35. The SMILES string of the molecule is CSN1CC(C)CC(C)C1. The summed E-state index contributed by atoms with van der Waals surface area (Å²) in [4.78, 5) is 0. The highest BCUT2D eigenvalue weighted by atomic mass is 32.2. The molecule has 60 valence electrons. The average Bonchev–Trinajstić information content (AvgIpc) is 1.85. The number of hydrogen-bond acceptors (Lipinski definition) is 2. The van der Waals surface area contributed by atoms with E-state index in [-0.39, 0.29) is 0 Å². The van der Waals surface area contributed by atoms with Crippen LogP contribution in [0.4, 0.5) is 0 Å². The van der Waals surface area contributed by atoms with Gasteiger partial charge in [0.2, 0.25) is 0 Å². The van der Waals surface area contributed by atoms with Crippen molar-refractivity contribution in [2.24, 2.45) is 11.8 Å². The van der Waals surface area contributed by atoms with Gasteiger partial charge in [0.1, 0.15) is 0 Å². The van der Waals surface area contributed by atoms with Crippen LogP contribution >= 0.6 is 11.9 Å². The monoisotopic (exact) mass is 159 g/mol. The second-order valence-electron chi connectivity index (χ2n) is 3.48. The molecule has 0 aliphatic carbocycles. The Labute approximate surface area is 68.3 Å². The topological polar surface area (TPSA) is 3.24 Å². The number of hydrogen-bond donors (Lipinski definition) is 0. The maximum absolute atomic E-state index is 2.47. The van der Waals surface area contributed by atoms with Gasteiger partial charge in [0, 0.05) is 13.1 Å². The van der Waals surface area contributed by atoms with Gasteiger partial charge in [-0.3, -0.25) is 4.31 Å². The first-order valence-corrected chi connectivity index (χ1v) is 5.19. The fraction of sp³-hybridized carbons (Fsp3) is 1.00. The van der Waals surface area contributed by atoms with Crippen molar-refractivity contribution in [2.75, 3.05) is 19.3 Å². The fourth-order valence-electron chi connectivity index (χ4n) is 1.75. The molecule has 1 heterocycles. The van der Waals surface area contributed by atoms with Gasteiger partial charge in [0.25, 0.3) is 0 Å². The third kappa shape index (κ3) is 2.17. The van der Waals surface area contributed by atoms with E-state index in [4.69, 9.17) is 0 Å². The predicted octanol–water partition coefficient (Wildman–Crippen LogP) is 2.24. The highest BCUT2D eigenvalue weighted by Crippen LogP contribution is 2.24. The van der Waals surface area contributed by atoms with Crippen LogP contribution in [0.3, 0.4) is 0 Å². The van der Waals surface area contributed by atoms with Crippen LogP contribution in [0.1, 0.15) is 20.3 Å². The third-order valence-electron chi connectivity index (χ3n) is 2.09. The van der Waals surface area contributed by atoms with Crippen LogP contribution in [-0.2, 0) is 0 Å². The molecule has 0 N–H and O–H groups in total. The maximum Gasteiger partial charge on any atom is 0.0115 e. The van der Waals surface area contributed by atoms with E-state index in [0.29, 0.717) is 0 Å². The van der Waals surface area contributed by atoms with E-state index < -0.39 is 0 Å². The van der Waals surface area contributed by atoms with Crippen molar-refractivity contribution in [3.63, 3.8) is 0 Å². The van der Waals surface area contributed by atoms with Gasteiger partial charge in [-0.1, -0.05) is 25.8 Å². The summed E-state index contributed by atoms with van der Waals surface area (Å²) in [7, 11) is 0. The number of rotatable bonds is 1. The highest BCUT2D eigenvalue weighted by Gasteiger charge is 2.20. The number of piperidine rings is 1. The molecule has 1 saturated heterocycles. The molecule has 0 aromatic rings. The molecule has 1 rings (SSSR count). The quantitative estimate of drug-likeness (QED) is 0.540. The van der Waals surface area contributed by atoms with Crippen molar-refractivity contribution >= 4 is 11.9 Å². The summed E-state index contributed by atoms with van der Waals surface area (Å²) in [5, 5.41) is 0.